The van der Waals surface area contributed by atoms with Crippen molar-refractivity contribution in [3.8, 4) is 0 Å². The maximum absolute atomic E-state index is 6.31. The van der Waals surface area contributed by atoms with Crippen molar-refractivity contribution in [3.05, 3.63) is 35.9 Å². The molecule has 0 amide bonds. The van der Waals surface area contributed by atoms with Gasteiger partial charge in [0.05, 0.1) is 5.38 Å². The largest absolute Gasteiger partial charge is 0.305 e. The molecule has 2 heteroatoms. The van der Waals surface area contributed by atoms with Gasteiger partial charge in [-0.15, -0.1) is 11.6 Å². The molecule has 1 aromatic rings. The van der Waals surface area contributed by atoms with E-state index in [1.165, 1.54) is 5.56 Å². The number of rotatable bonds is 3. The van der Waals surface area contributed by atoms with E-state index < -0.39 is 0 Å². The molecule has 2 atom stereocenters. The van der Waals surface area contributed by atoms with Crippen LogP contribution < -0.4 is 0 Å². The second-order valence-corrected chi connectivity index (χ2v) is 3.99. The van der Waals surface area contributed by atoms with Crippen molar-refractivity contribution < 1.29 is 0 Å². The number of benzene rings is 1. The molecule has 0 spiro atoms. The molecule has 1 nitrogen and oxygen atoms in total. The van der Waals surface area contributed by atoms with Crippen molar-refractivity contribution in [2.75, 3.05) is 14.1 Å². The summed E-state index contributed by atoms with van der Waals surface area (Å²) >= 11 is 6.31. The molecule has 1 rings (SSSR count). The topological polar surface area (TPSA) is 3.24 Å². The minimum absolute atomic E-state index is 0.0659. The summed E-state index contributed by atoms with van der Waals surface area (Å²) < 4.78 is 0. The number of alkyl halides is 1. The van der Waals surface area contributed by atoms with Gasteiger partial charge in [-0.25, -0.2) is 0 Å². The molecule has 0 saturated carbocycles. The summed E-state index contributed by atoms with van der Waals surface area (Å²) in [5.41, 5.74) is 1.19. The second-order valence-electron chi connectivity index (χ2n) is 3.52. The number of hydrogen-bond acceptors (Lipinski definition) is 1. The van der Waals surface area contributed by atoms with E-state index in [1.807, 2.05) is 32.3 Å². The van der Waals surface area contributed by atoms with Crippen LogP contribution in [0.25, 0.3) is 0 Å². The third-order valence-electron chi connectivity index (χ3n) is 2.36. The van der Waals surface area contributed by atoms with Crippen LogP contribution in [0.1, 0.15) is 17.9 Å². The summed E-state index contributed by atoms with van der Waals surface area (Å²) in [5, 5.41) is 0.0659. The van der Waals surface area contributed by atoms with Crippen LogP contribution in [0, 0.1) is 0 Å². The average molecular weight is 198 g/mol. The minimum atomic E-state index is 0.0659. The fraction of sp³-hybridized carbons (Fsp3) is 0.455. The molecule has 0 radical (unpaired) electrons. The van der Waals surface area contributed by atoms with Gasteiger partial charge in [-0.2, -0.15) is 0 Å². The lowest BCUT2D eigenvalue weighted by molar-refractivity contribution is 0.306. The average Bonchev–Trinajstić information content (AvgIpc) is 2.17. The van der Waals surface area contributed by atoms with Gasteiger partial charge in [0, 0.05) is 6.04 Å². The molecule has 13 heavy (non-hydrogen) atoms. The van der Waals surface area contributed by atoms with Crippen LogP contribution in [0.4, 0.5) is 0 Å². The fourth-order valence-electron chi connectivity index (χ4n) is 1.18. The highest BCUT2D eigenvalue weighted by Crippen LogP contribution is 2.25. The van der Waals surface area contributed by atoms with Crippen LogP contribution in [0.3, 0.4) is 0 Å². The van der Waals surface area contributed by atoms with E-state index in [1.54, 1.807) is 0 Å². The van der Waals surface area contributed by atoms with Crippen molar-refractivity contribution in [2.24, 2.45) is 0 Å². The Morgan fingerprint density at radius 3 is 2.15 bits per heavy atom. The molecule has 0 aromatic heterocycles. The van der Waals surface area contributed by atoms with E-state index >= 15 is 0 Å². The predicted molar refractivity (Wildman–Crippen MR) is 58.2 cm³/mol. The summed E-state index contributed by atoms with van der Waals surface area (Å²) in [5.74, 6) is 0. The van der Waals surface area contributed by atoms with Gasteiger partial charge in [-0.05, 0) is 26.6 Å². The molecule has 1 aromatic carbocycles. The molecule has 0 saturated heterocycles. The first kappa shape index (κ1) is 10.6. The van der Waals surface area contributed by atoms with Gasteiger partial charge < -0.3 is 4.90 Å². The van der Waals surface area contributed by atoms with Crippen LogP contribution in [0.2, 0.25) is 0 Å². The number of nitrogens with zero attached hydrogens (tertiary/aromatic N) is 1. The molecule has 0 aliphatic carbocycles. The third-order valence-corrected chi connectivity index (χ3v) is 2.97. The normalized spacial score (nSPS) is 15.8. The summed E-state index contributed by atoms with van der Waals surface area (Å²) in [6.45, 7) is 2.13. The Kier molecular flexibility index (Phi) is 3.76. The van der Waals surface area contributed by atoms with Gasteiger partial charge in [0.2, 0.25) is 0 Å². The van der Waals surface area contributed by atoms with Crippen LogP contribution in [0.5, 0.6) is 0 Å². The third kappa shape index (κ3) is 2.71. The van der Waals surface area contributed by atoms with Crippen LogP contribution in [-0.4, -0.2) is 25.0 Å². The van der Waals surface area contributed by atoms with Gasteiger partial charge >= 0.3 is 0 Å². The Labute approximate surface area is 85.3 Å². The summed E-state index contributed by atoms with van der Waals surface area (Å²) in [6, 6.07) is 10.5. The van der Waals surface area contributed by atoms with E-state index in [0.29, 0.717) is 6.04 Å². The Hall–Kier alpha value is -0.530. The monoisotopic (exact) mass is 197 g/mol. The predicted octanol–water partition coefficient (Wildman–Crippen LogP) is 2.92. The SMILES string of the molecule is C[C@@H]([C@@H](Cl)c1ccccc1)N(C)C. The van der Waals surface area contributed by atoms with E-state index in [9.17, 15) is 0 Å². The Balaban J connectivity index is 2.73. The molecule has 72 valence electrons. The first-order chi connectivity index (χ1) is 6.13. The summed E-state index contributed by atoms with van der Waals surface area (Å²) in [4.78, 5) is 2.13. The van der Waals surface area contributed by atoms with Crippen molar-refractivity contribution >= 4 is 11.6 Å². The Bertz CT molecular complexity index is 246. The zero-order valence-corrected chi connectivity index (χ0v) is 9.12. The molecular weight excluding hydrogens is 182 g/mol. The van der Waals surface area contributed by atoms with Gasteiger partial charge in [0.25, 0.3) is 0 Å². The smallest absolute Gasteiger partial charge is 0.0737 e. The lowest BCUT2D eigenvalue weighted by atomic mass is 10.1. The van der Waals surface area contributed by atoms with E-state index in [4.69, 9.17) is 11.6 Å². The number of likely N-dealkylation sites (N-methyl/N-ethyl adjacent to an activating group) is 1. The zero-order valence-electron chi connectivity index (χ0n) is 8.37. The van der Waals surface area contributed by atoms with Gasteiger partial charge in [-0.3, -0.25) is 0 Å². The highest BCUT2D eigenvalue weighted by atomic mass is 35.5. The van der Waals surface area contributed by atoms with E-state index in [2.05, 4.69) is 24.0 Å². The van der Waals surface area contributed by atoms with Gasteiger partial charge in [-0.1, -0.05) is 30.3 Å². The molecule has 0 N–H and O–H groups in total. The molecule has 0 bridgehead atoms. The number of halogens is 1. The lowest BCUT2D eigenvalue weighted by Crippen LogP contribution is -2.28. The Morgan fingerprint density at radius 2 is 1.69 bits per heavy atom. The molecule has 0 aliphatic heterocycles. The molecule has 0 aliphatic rings. The van der Waals surface area contributed by atoms with Crippen LogP contribution in [0.15, 0.2) is 30.3 Å². The quantitative estimate of drug-likeness (QED) is 0.674. The number of hydrogen-bond donors (Lipinski definition) is 0. The fourth-order valence-corrected chi connectivity index (χ4v) is 1.55. The van der Waals surface area contributed by atoms with Gasteiger partial charge in [0.1, 0.15) is 0 Å². The van der Waals surface area contributed by atoms with Gasteiger partial charge in [0.15, 0.2) is 0 Å². The standard InChI is InChI=1S/C11H16ClN/c1-9(13(2)3)11(12)10-7-5-4-6-8-10/h4-9,11H,1-3H3/t9-,11+/m0/s1. The summed E-state index contributed by atoms with van der Waals surface area (Å²) in [7, 11) is 4.09. The highest BCUT2D eigenvalue weighted by molar-refractivity contribution is 6.21. The minimum Gasteiger partial charge on any atom is -0.305 e. The van der Waals surface area contributed by atoms with Crippen molar-refractivity contribution in [1.82, 2.24) is 4.90 Å². The first-order valence-electron chi connectivity index (χ1n) is 4.48. The molecule has 0 fully saturated rings. The molecular formula is C11H16ClN. The summed E-state index contributed by atoms with van der Waals surface area (Å²) in [6.07, 6.45) is 0. The van der Waals surface area contributed by atoms with Crippen molar-refractivity contribution in [3.63, 3.8) is 0 Å². The van der Waals surface area contributed by atoms with Crippen molar-refractivity contribution in [2.45, 2.75) is 18.3 Å². The maximum Gasteiger partial charge on any atom is 0.0737 e. The molecule has 0 heterocycles. The zero-order chi connectivity index (χ0) is 9.84. The second kappa shape index (κ2) is 4.64. The lowest BCUT2D eigenvalue weighted by Gasteiger charge is -2.24. The Morgan fingerprint density at radius 1 is 1.15 bits per heavy atom. The van der Waals surface area contributed by atoms with E-state index in [-0.39, 0.29) is 5.38 Å². The van der Waals surface area contributed by atoms with Crippen LogP contribution >= 0.6 is 11.6 Å². The maximum atomic E-state index is 6.31. The van der Waals surface area contributed by atoms with Crippen molar-refractivity contribution in [1.29, 1.82) is 0 Å². The highest BCUT2D eigenvalue weighted by Gasteiger charge is 2.17. The van der Waals surface area contributed by atoms with E-state index in [0.717, 1.165) is 0 Å². The first-order valence-corrected chi connectivity index (χ1v) is 4.92. The molecule has 0 unspecified atom stereocenters. The van der Waals surface area contributed by atoms with Crippen LogP contribution in [-0.2, 0) is 0 Å².